The first-order valence-corrected chi connectivity index (χ1v) is 4.60. The van der Waals surface area contributed by atoms with Crippen LogP contribution in [0.25, 0.3) is 0 Å². The molecule has 0 aromatic heterocycles. The normalized spacial score (nSPS) is 11.9. The zero-order valence-corrected chi connectivity index (χ0v) is 8.50. The SMILES string of the molecule is CC(=O)/C=C/CCC(F)(F)CCC(=O)O. The molecule has 5 heteroatoms. The van der Waals surface area contributed by atoms with Crippen LogP contribution in [0.3, 0.4) is 0 Å². The van der Waals surface area contributed by atoms with E-state index in [0.29, 0.717) is 0 Å². The Balaban J connectivity index is 3.83. The number of alkyl halides is 2. The monoisotopic (exact) mass is 220 g/mol. The van der Waals surface area contributed by atoms with Crippen LogP contribution in [0.1, 0.15) is 32.6 Å². The maximum Gasteiger partial charge on any atom is 0.303 e. The molecule has 0 saturated heterocycles. The van der Waals surface area contributed by atoms with E-state index in [1.807, 2.05) is 0 Å². The highest BCUT2D eigenvalue weighted by Gasteiger charge is 2.28. The summed E-state index contributed by atoms with van der Waals surface area (Å²) in [7, 11) is 0. The molecule has 0 aromatic carbocycles. The topological polar surface area (TPSA) is 54.4 Å². The van der Waals surface area contributed by atoms with Crippen molar-refractivity contribution in [2.75, 3.05) is 0 Å². The van der Waals surface area contributed by atoms with Crippen LogP contribution in [0.2, 0.25) is 0 Å². The molecule has 15 heavy (non-hydrogen) atoms. The van der Waals surface area contributed by atoms with Crippen molar-refractivity contribution < 1.29 is 23.5 Å². The molecule has 0 fully saturated rings. The minimum atomic E-state index is -2.97. The molecule has 3 nitrogen and oxygen atoms in total. The van der Waals surface area contributed by atoms with Gasteiger partial charge in [0.2, 0.25) is 5.92 Å². The minimum absolute atomic E-state index is 0.0756. The first-order valence-electron chi connectivity index (χ1n) is 4.60. The van der Waals surface area contributed by atoms with Gasteiger partial charge in [-0.1, -0.05) is 6.08 Å². The zero-order valence-electron chi connectivity index (χ0n) is 8.50. The van der Waals surface area contributed by atoms with Gasteiger partial charge in [-0.25, -0.2) is 8.78 Å². The Hall–Kier alpha value is -1.26. The van der Waals surface area contributed by atoms with Crippen LogP contribution >= 0.6 is 0 Å². The van der Waals surface area contributed by atoms with Crippen LogP contribution in [0, 0.1) is 0 Å². The number of rotatable bonds is 7. The quantitative estimate of drug-likeness (QED) is 0.670. The summed E-state index contributed by atoms with van der Waals surface area (Å²) in [5, 5.41) is 8.23. The lowest BCUT2D eigenvalue weighted by Gasteiger charge is -2.13. The second-order valence-electron chi connectivity index (χ2n) is 3.30. The van der Waals surface area contributed by atoms with Crippen molar-refractivity contribution in [3.05, 3.63) is 12.2 Å². The van der Waals surface area contributed by atoms with Crippen molar-refractivity contribution in [3.8, 4) is 0 Å². The van der Waals surface area contributed by atoms with Gasteiger partial charge in [0.15, 0.2) is 5.78 Å². The summed E-state index contributed by atoms with van der Waals surface area (Å²) in [4.78, 5) is 20.5. The molecule has 0 aromatic rings. The smallest absolute Gasteiger partial charge is 0.303 e. The molecule has 86 valence electrons. The summed E-state index contributed by atoms with van der Waals surface area (Å²) in [6, 6.07) is 0. The average Bonchev–Trinajstić information content (AvgIpc) is 2.09. The number of hydrogen-bond donors (Lipinski definition) is 1. The molecule has 0 aliphatic rings. The maximum atomic E-state index is 12.9. The van der Waals surface area contributed by atoms with Gasteiger partial charge in [0.1, 0.15) is 0 Å². The molecule has 0 rings (SSSR count). The van der Waals surface area contributed by atoms with E-state index < -0.39 is 31.2 Å². The van der Waals surface area contributed by atoms with E-state index in [1.165, 1.54) is 19.1 Å². The number of carbonyl (C=O) groups excluding carboxylic acids is 1. The first-order chi connectivity index (χ1) is 6.83. The third-order valence-electron chi connectivity index (χ3n) is 1.73. The Morgan fingerprint density at radius 2 is 1.93 bits per heavy atom. The van der Waals surface area contributed by atoms with Crippen molar-refractivity contribution in [2.45, 2.75) is 38.5 Å². The van der Waals surface area contributed by atoms with E-state index in [9.17, 15) is 18.4 Å². The van der Waals surface area contributed by atoms with Crippen LogP contribution in [-0.4, -0.2) is 22.8 Å². The van der Waals surface area contributed by atoms with Gasteiger partial charge in [-0.2, -0.15) is 0 Å². The summed E-state index contributed by atoms with van der Waals surface area (Å²) in [5.74, 6) is -4.39. The fraction of sp³-hybridized carbons (Fsp3) is 0.600. The van der Waals surface area contributed by atoms with Gasteiger partial charge in [-0.3, -0.25) is 9.59 Å². The summed E-state index contributed by atoms with van der Waals surface area (Å²) in [6.45, 7) is 1.33. The van der Waals surface area contributed by atoms with Crippen LogP contribution in [0.5, 0.6) is 0 Å². The molecule has 0 amide bonds. The number of carboxylic acid groups (broad SMARTS) is 1. The summed E-state index contributed by atoms with van der Waals surface area (Å²) < 4.78 is 25.9. The molecule has 0 bridgehead atoms. The van der Waals surface area contributed by atoms with Gasteiger partial charge in [0.25, 0.3) is 0 Å². The number of allylic oxidation sites excluding steroid dienone is 2. The molecule has 0 aliphatic carbocycles. The number of carboxylic acids is 1. The van der Waals surface area contributed by atoms with E-state index >= 15 is 0 Å². The largest absolute Gasteiger partial charge is 0.481 e. The Morgan fingerprint density at radius 3 is 2.40 bits per heavy atom. The van der Waals surface area contributed by atoms with Gasteiger partial charge in [0.05, 0.1) is 6.42 Å². The first kappa shape index (κ1) is 13.7. The van der Waals surface area contributed by atoms with E-state index in [0.717, 1.165) is 0 Å². The van der Waals surface area contributed by atoms with Crippen molar-refractivity contribution in [1.82, 2.24) is 0 Å². The molecule has 0 unspecified atom stereocenters. The Kier molecular flexibility index (Phi) is 5.74. The standard InChI is InChI=1S/C10H14F2O3/c1-8(13)4-2-3-6-10(11,12)7-5-9(14)15/h2,4H,3,5-7H2,1H3,(H,14,15)/b4-2+. The van der Waals surface area contributed by atoms with E-state index in [4.69, 9.17) is 5.11 Å². The third-order valence-corrected chi connectivity index (χ3v) is 1.73. The molecular weight excluding hydrogens is 206 g/mol. The molecule has 1 N–H and O–H groups in total. The zero-order chi connectivity index (χ0) is 11.9. The van der Waals surface area contributed by atoms with E-state index in [2.05, 4.69) is 0 Å². The predicted molar refractivity (Wildman–Crippen MR) is 50.9 cm³/mol. The van der Waals surface area contributed by atoms with Crippen LogP contribution < -0.4 is 0 Å². The summed E-state index contributed by atoms with van der Waals surface area (Å²) in [6.07, 6.45) is 1.06. The Labute approximate surface area is 86.8 Å². The lowest BCUT2D eigenvalue weighted by molar-refractivity contribution is -0.139. The average molecular weight is 220 g/mol. The highest BCUT2D eigenvalue weighted by molar-refractivity contribution is 5.87. The lowest BCUT2D eigenvalue weighted by atomic mass is 10.1. The molecule has 0 aliphatic heterocycles. The van der Waals surface area contributed by atoms with E-state index in [-0.39, 0.29) is 12.2 Å². The van der Waals surface area contributed by atoms with Gasteiger partial charge in [-0.05, 0) is 19.4 Å². The Bertz CT molecular complexity index is 259. The number of halogens is 2. The number of aliphatic carboxylic acids is 1. The fourth-order valence-electron chi connectivity index (χ4n) is 0.959. The lowest BCUT2D eigenvalue weighted by Crippen LogP contribution is -2.17. The van der Waals surface area contributed by atoms with Gasteiger partial charge in [0, 0.05) is 12.8 Å². The molecule has 0 heterocycles. The van der Waals surface area contributed by atoms with Crippen LogP contribution in [0.15, 0.2) is 12.2 Å². The number of carbonyl (C=O) groups is 2. The second-order valence-corrected chi connectivity index (χ2v) is 3.30. The van der Waals surface area contributed by atoms with Crippen molar-refractivity contribution in [1.29, 1.82) is 0 Å². The van der Waals surface area contributed by atoms with Crippen LogP contribution in [-0.2, 0) is 9.59 Å². The van der Waals surface area contributed by atoms with Crippen molar-refractivity contribution >= 4 is 11.8 Å². The third kappa shape index (κ3) is 9.05. The molecule has 0 saturated carbocycles. The van der Waals surface area contributed by atoms with Gasteiger partial charge < -0.3 is 5.11 Å². The van der Waals surface area contributed by atoms with E-state index in [1.54, 1.807) is 0 Å². The van der Waals surface area contributed by atoms with Crippen molar-refractivity contribution in [2.24, 2.45) is 0 Å². The highest BCUT2D eigenvalue weighted by atomic mass is 19.3. The predicted octanol–water partition coefficient (Wildman–Crippen LogP) is 2.41. The maximum absolute atomic E-state index is 12.9. The van der Waals surface area contributed by atoms with Gasteiger partial charge >= 0.3 is 5.97 Å². The molecule has 0 radical (unpaired) electrons. The van der Waals surface area contributed by atoms with Crippen molar-refractivity contribution in [3.63, 3.8) is 0 Å². The summed E-state index contributed by atoms with van der Waals surface area (Å²) in [5.41, 5.74) is 0. The number of hydrogen-bond acceptors (Lipinski definition) is 2. The molecule has 0 atom stereocenters. The molecular formula is C10H14F2O3. The summed E-state index contributed by atoms with van der Waals surface area (Å²) >= 11 is 0. The molecule has 0 spiro atoms. The van der Waals surface area contributed by atoms with Crippen LogP contribution in [0.4, 0.5) is 8.78 Å². The van der Waals surface area contributed by atoms with Gasteiger partial charge in [-0.15, -0.1) is 0 Å². The minimum Gasteiger partial charge on any atom is -0.481 e. The fourth-order valence-corrected chi connectivity index (χ4v) is 0.959. The highest BCUT2D eigenvalue weighted by Crippen LogP contribution is 2.26. The second kappa shape index (κ2) is 6.27. The number of ketones is 1. The Morgan fingerprint density at radius 1 is 1.33 bits per heavy atom.